The van der Waals surface area contributed by atoms with Gasteiger partial charge in [-0.25, -0.2) is 4.98 Å². The quantitative estimate of drug-likeness (QED) is 0.248. The fourth-order valence-corrected chi connectivity index (χ4v) is 4.45. The molecule has 0 unspecified atom stereocenters. The van der Waals surface area contributed by atoms with Gasteiger partial charge in [-0.05, 0) is 67.4 Å². The lowest BCUT2D eigenvalue weighted by atomic mass is 9.95. The van der Waals surface area contributed by atoms with Crippen molar-refractivity contribution in [3.8, 4) is 11.4 Å². The first-order chi connectivity index (χ1) is 17.5. The maximum atomic E-state index is 12.7. The third-order valence-corrected chi connectivity index (χ3v) is 6.44. The first-order valence-corrected chi connectivity index (χ1v) is 11.9. The second-order valence-corrected chi connectivity index (χ2v) is 8.96. The molecule has 1 heterocycles. The minimum atomic E-state index is -0.508. The number of nitrogens with zero attached hydrogens (tertiary/aromatic N) is 2. The molecule has 1 aromatic heterocycles. The van der Waals surface area contributed by atoms with Crippen molar-refractivity contribution >= 4 is 34.2 Å². The molecule has 1 aliphatic carbocycles. The number of aromatic nitrogens is 2. The van der Waals surface area contributed by atoms with Crippen LogP contribution in [0.25, 0.3) is 22.4 Å². The summed E-state index contributed by atoms with van der Waals surface area (Å²) in [6.07, 6.45) is 5.63. The molecule has 182 valence electrons. The molecule has 0 atom stereocenters. The van der Waals surface area contributed by atoms with Gasteiger partial charge in [0.05, 0.1) is 16.0 Å². The number of imidazole rings is 1. The van der Waals surface area contributed by atoms with Crippen LogP contribution in [0.15, 0.2) is 66.7 Å². The van der Waals surface area contributed by atoms with Gasteiger partial charge < -0.3 is 15.6 Å². The smallest absolute Gasteiger partial charge is 0.269 e. The van der Waals surface area contributed by atoms with E-state index in [2.05, 4.69) is 20.6 Å². The summed E-state index contributed by atoms with van der Waals surface area (Å²) in [7, 11) is 0. The second kappa shape index (κ2) is 9.99. The summed E-state index contributed by atoms with van der Waals surface area (Å²) >= 11 is 0. The Morgan fingerprint density at radius 3 is 2.28 bits per heavy atom. The molecule has 36 heavy (non-hydrogen) atoms. The van der Waals surface area contributed by atoms with E-state index in [1.807, 2.05) is 24.3 Å². The third kappa shape index (κ3) is 5.10. The lowest BCUT2D eigenvalue weighted by Gasteiger charge is -2.22. The number of H-pyrrole nitrogens is 1. The first kappa shape index (κ1) is 23.2. The van der Waals surface area contributed by atoms with Crippen molar-refractivity contribution in [2.75, 3.05) is 5.32 Å². The lowest BCUT2D eigenvalue weighted by Crippen LogP contribution is -2.36. The Morgan fingerprint density at radius 1 is 0.889 bits per heavy atom. The molecule has 2 amide bonds. The van der Waals surface area contributed by atoms with Gasteiger partial charge in [0.2, 0.25) is 0 Å². The van der Waals surface area contributed by atoms with Crippen molar-refractivity contribution in [3.05, 3.63) is 88.0 Å². The highest BCUT2D eigenvalue weighted by Gasteiger charge is 2.17. The average molecular weight is 484 g/mol. The number of carbonyl (C=O) groups excluding carboxylic acids is 2. The summed E-state index contributed by atoms with van der Waals surface area (Å²) in [6, 6.07) is 18.3. The molecule has 0 spiro atoms. The van der Waals surface area contributed by atoms with Gasteiger partial charge in [0.25, 0.3) is 17.5 Å². The average Bonchev–Trinajstić information content (AvgIpc) is 3.33. The number of nitro benzene ring substituents is 1. The number of amides is 2. The predicted molar refractivity (Wildman–Crippen MR) is 137 cm³/mol. The van der Waals surface area contributed by atoms with Crippen LogP contribution in [-0.4, -0.2) is 32.7 Å². The molecule has 5 rings (SSSR count). The van der Waals surface area contributed by atoms with Gasteiger partial charge in [-0.3, -0.25) is 19.7 Å². The van der Waals surface area contributed by atoms with Gasteiger partial charge in [0.15, 0.2) is 0 Å². The number of carbonyl (C=O) groups is 2. The predicted octanol–water partition coefficient (Wildman–Crippen LogP) is 5.45. The molecule has 0 saturated heterocycles. The first-order valence-electron chi connectivity index (χ1n) is 11.9. The number of nitro groups is 1. The fourth-order valence-electron chi connectivity index (χ4n) is 4.45. The second-order valence-electron chi connectivity index (χ2n) is 8.96. The standard InChI is InChI=1S/C27H25N5O4/c33-26(18-8-13-22(14-9-18)32(35)36)29-21-11-6-17(7-12-21)25-30-23-15-10-19(16-24(23)31-25)27(34)28-20-4-2-1-3-5-20/h6-16,20H,1-5H2,(H,28,34)(H,29,33)(H,30,31). The molecule has 0 radical (unpaired) electrons. The van der Waals surface area contributed by atoms with E-state index >= 15 is 0 Å². The van der Waals surface area contributed by atoms with E-state index in [0.29, 0.717) is 22.6 Å². The number of fused-ring (bicyclic) bond motifs is 1. The Morgan fingerprint density at radius 2 is 1.58 bits per heavy atom. The largest absolute Gasteiger partial charge is 0.349 e. The van der Waals surface area contributed by atoms with Gasteiger partial charge in [0, 0.05) is 40.6 Å². The Bertz CT molecular complexity index is 1420. The number of non-ortho nitro benzene ring substituents is 1. The molecule has 0 aliphatic heterocycles. The molecule has 0 bridgehead atoms. The minimum Gasteiger partial charge on any atom is -0.349 e. The summed E-state index contributed by atoms with van der Waals surface area (Å²) < 4.78 is 0. The maximum Gasteiger partial charge on any atom is 0.269 e. The molecule has 4 aromatic rings. The van der Waals surface area contributed by atoms with E-state index < -0.39 is 4.92 Å². The van der Waals surface area contributed by atoms with Gasteiger partial charge in [-0.1, -0.05) is 19.3 Å². The molecule has 3 N–H and O–H groups in total. The van der Waals surface area contributed by atoms with Crippen molar-refractivity contribution in [2.45, 2.75) is 38.1 Å². The molecule has 1 fully saturated rings. The van der Waals surface area contributed by atoms with Crippen LogP contribution in [0.2, 0.25) is 0 Å². The van der Waals surface area contributed by atoms with Gasteiger partial charge in [-0.2, -0.15) is 0 Å². The Labute approximate surface area is 207 Å². The number of nitrogens with one attached hydrogen (secondary N) is 3. The van der Waals surface area contributed by atoms with E-state index in [4.69, 9.17) is 0 Å². The normalized spacial score (nSPS) is 13.9. The highest BCUT2D eigenvalue weighted by molar-refractivity contribution is 6.04. The monoisotopic (exact) mass is 483 g/mol. The Kier molecular flexibility index (Phi) is 6.44. The lowest BCUT2D eigenvalue weighted by molar-refractivity contribution is -0.384. The maximum absolute atomic E-state index is 12.7. The Balaban J connectivity index is 1.26. The van der Waals surface area contributed by atoms with Gasteiger partial charge in [0.1, 0.15) is 5.82 Å². The van der Waals surface area contributed by atoms with Crippen LogP contribution in [0, 0.1) is 10.1 Å². The number of rotatable bonds is 6. The van der Waals surface area contributed by atoms with E-state index in [-0.39, 0.29) is 23.5 Å². The molecular weight excluding hydrogens is 458 g/mol. The zero-order valence-electron chi connectivity index (χ0n) is 19.5. The van der Waals surface area contributed by atoms with Gasteiger partial charge in [-0.15, -0.1) is 0 Å². The molecule has 9 nitrogen and oxygen atoms in total. The van der Waals surface area contributed by atoms with Crippen LogP contribution in [0.1, 0.15) is 52.8 Å². The topological polar surface area (TPSA) is 130 Å². The van der Waals surface area contributed by atoms with Crippen molar-refractivity contribution in [2.24, 2.45) is 0 Å². The van der Waals surface area contributed by atoms with Crippen LogP contribution < -0.4 is 10.6 Å². The fraction of sp³-hybridized carbons (Fsp3) is 0.222. The van der Waals surface area contributed by atoms with E-state index in [1.165, 1.54) is 30.7 Å². The molecule has 1 aliphatic rings. The van der Waals surface area contributed by atoms with E-state index in [9.17, 15) is 19.7 Å². The highest BCUT2D eigenvalue weighted by atomic mass is 16.6. The molecular formula is C27H25N5O4. The number of aromatic amines is 1. The Hall–Kier alpha value is -4.53. The van der Waals surface area contributed by atoms with Crippen LogP contribution in [0.5, 0.6) is 0 Å². The van der Waals surface area contributed by atoms with Crippen molar-refractivity contribution < 1.29 is 14.5 Å². The number of hydrogen-bond donors (Lipinski definition) is 3. The summed E-state index contributed by atoms with van der Waals surface area (Å²) in [4.78, 5) is 43.3. The van der Waals surface area contributed by atoms with Crippen LogP contribution >= 0.6 is 0 Å². The summed E-state index contributed by atoms with van der Waals surface area (Å²) in [5, 5.41) is 16.7. The molecule has 1 saturated carbocycles. The van der Waals surface area contributed by atoms with Crippen LogP contribution in [0.4, 0.5) is 11.4 Å². The zero-order chi connectivity index (χ0) is 25.1. The minimum absolute atomic E-state index is 0.0620. The highest BCUT2D eigenvalue weighted by Crippen LogP contribution is 2.24. The van der Waals surface area contributed by atoms with E-state index in [0.717, 1.165) is 42.3 Å². The van der Waals surface area contributed by atoms with E-state index in [1.54, 1.807) is 18.2 Å². The molecule has 3 aromatic carbocycles. The third-order valence-electron chi connectivity index (χ3n) is 6.44. The number of hydrogen-bond acceptors (Lipinski definition) is 5. The van der Waals surface area contributed by atoms with Crippen LogP contribution in [-0.2, 0) is 0 Å². The van der Waals surface area contributed by atoms with Crippen molar-refractivity contribution in [1.82, 2.24) is 15.3 Å². The molecule has 9 heteroatoms. The van der Waals surface area contributed by atoms with Crippen molar-refractivity contribution in [3.63, 3.8) is 0 Å². The summed E-state index contributed by atoms with van der Waals surface area (Å²) in [5.41, 5.74) is 3.80. The summed E-state index contributed by atoms with van der Waals surface area (Å²) in [6.45, 7) is 0. The zero-order valence-corrected chi connectivity index (χ0v) is 19.5. The van der Waals surface area contributed by atoms with Crippen molar-refractivity contribution in [1.29, 1.82) is 0 Å². The number of anilines is 1. The summed E-state index contributed by atoms with van der Waals surface area (Å²) in [5.74, 6) is 0.233. The van der Waals surface area contributed by atoms with Crippen LogP contribution in [0.3, 0.4) is 0 Å². The van der Waals surface area contributed by atoms with Gasteiger partial charge >= 0.3 is 0 Å². The SMILES string of the molecule is O=C(Nc1ccc(-c2nc3ccc(C(=O)NC4CCCCC4)cc3[nH]2)cc1)c1ccc([N+](=O)[O-])cc1. The number of benzene rings is 3.